The number of halogens is 1. The number of fused-ring (bicyclic) bond motifs is 1. The summed E-state index contributed by atoms with van der Waals surface area (Å²) in [6.45, 7) is 0. The Hall–Kier alpha value is -2.06. The van der Waals surface area contributed by atoms with Crippen LogP contribution in [0, 0.1) is 0 Å². The molecule has 2 aromatic carbocycles. The largest absolute Gasteiger partial charge is 0.338 e. The Balaban J connectivity index is 1.92. The number of hydrogen-bond donors (Lipinski definition) is 1. The van der Waals surface area contributed by atoms with Gasteiger partial charge in [-0.15, -0.1) is 0 Å². The second-order valence-electron chi connectivity index (χ2n) is 4.03. The number of aromatic nitrogens is 2. The van der Waals surface area contributed by atoms with Crippen LogP contribution in [0.4, 0.5) is 0 Å². The van der Waals surface area contributed by atoms with Crippen LogP contribution in [0.15, 0.2) is 48.5 Å². The SMILES string of the molecule is Clc1cccc(/C=C\c2nc3ccccc3[nH]2)c1. The van der Waals surface area contributed by atoms with Gasteiger partial charge in [0.2, 0.25) is 0 Å². The maximum Gasteiger partial charge on any atom is 0.131 e. The van der Waals surface area contributed by atoms with Crippen molar-refractivity contribution in [2.75, 3.05) is 0 Å². The molecule has 0 saturated carbocycles. The molecule has 0 radical (unpaired) electrons. The van der Waals surface area contributed by atoms with Crippen LogP contribution in [0.25, 0.3) is 23.2 Å². The van der Waals surface area contributed by atoms with Crippen molar-refractivity contribution in [3.8, 4) is 0 Å². The van der Waals surface area contributed by atoms with E-state index in [0.717, 1.165) is 27.4 Å². The van der Waals surface area contributed by atoms with Gasteiger partial charge in [0.15, 0.2) is 0 Å². The molecule has 2 nitrogen and oxygen atoms in total. The molecule has 0 aliphatic heterocycles. The normalized spacial score (nSPS) is 11.4. The molecule has 1 heterocycles. The third-order valence-electron chi connectivity index (χ3n) is 2.69. The van der Waals surface area contributed by atoms with Gasteiger partial charge in [0.25, 0.3) is 0 Å². The molecule has 1 aromatic heterocycles. The third-order valence-corrected chi connectivity index (χ3v) is 2.93. The molecule has 3 heteroatoms. The lowest BCUT2D eigenvalue weighted by Crippen LogP contribution is -1.75. The first-order chi connectivity index (χ1) is 8.81. The molecule has 0 saturated heterocycles. The van der Waals surface area contributed by atoms with E-state index in [1.807, 2.05) is 60.7 Å². The van der Waals surface area contributed by atoms with Gasteiger partial charge < -0.3 is 4.98 Å². The molecular weight excluding hydrogens is 244 g/mol. The summed E-state index contributed by atoms with van der Waals surface area (Å²) in [6.07, 6.45) is 3.94. The van der Waals surface area contributed by atoms with Gasteiger partial charge >= 0.3 is 0 Å². The summed E-state index contributed by atoms with van der Waals surface area (Å²) in [7, 11) is 0. The fraction of sp³-hybridized carbons (Fsp3) is 0. The lowest BCUT2D eigenvalue weighted by atomic mass is 10.2. The van der Waals surface area contributed by atoms with Gasteiger partial charge in [-0.3, -0.25) is 0 Å². The summed E-state index contributed by atoms with van der Waals surface area (Å²) in [4.78, 5) is 7.72. The van der Waals surface area contributed by atoms with Crippen LogP contribution < -0.4 is 0 Å². The van der Waals surface area contributed by atoms with Crippen LogP contribution in [0.5, 0.6) is 0 Å². The van der Waals surface area contributed by atoms with Gasteiger partial charge in [-0.1, -0.05) is 41.9 Å². The standard InChI is InChI=1S/C15H11ClN2/c16-12-5-3-4-11(10-12)8-9-15-17-13-6-1-2-7-14(13)18-15/h1-10H,(H,17,18)/b9-8-. The van der Waals surface area contributed by atoms with Crippen molar-refractivity contribution in [3.05, 3.63) is 64.9 Å². The highest BCUT2D eigenvalue weighted by molar-refractivity contribution is 6.30. The Kier molecular flexibility index (Phi) is 2.87. The highest BCUT2D eigenvalue weighted by Crippen LogP contribution is 2.15. The highest BCUT2D eigenvalue weighted by atomic mass is 35.5. The number of nitrogens with one attached hydrogen (secondary N) is 1. The number of hydrogen-bond acceptors (Lipinski definition) is 1. The summed E-state index contributed by atoms with van der Waals surface area (Å²) >= 11 is 5.93. The predicted octanol–water partition coefficient (Wildman–Crippen LogP) is 4.39. The number of H-pyrrole nitrogens is 1. The van der Waals surface area contributed by atoms with E-state index in [9.17, 15) is 0 Å². The van der Waals surface area contributed by atoms with E-state index in [4.69, 9.17) is 11.6 Å². The number of imidazole rings is 1. The fourth-order valence-electron chi connectivity index (χ4n) is 1.84. The van der Waals surface area contributed by atoms with Gasteiger partial charge in [-0.2, -0.15) is 0 Å². The van der Waals surface area contributed by atoms with Crippen molar-refractivity contribution < 1.29 is 0 Å². The van der Waals surface area contributed by atoms with Crippen molar-refractivity contribution in [2.24, 2.45) is 0 Å². The molecule has 0 aliphatic carbocycles. The van der Waals surface area contributed by atoms with E-state index < -0.39 is 0 Å². The number of nitrogens with zero attached hydrogens (tertiary/aromatic N) is 1. The van der Waals surface area contributed by atoms with Gasteiger partial charge in [-0.25, -0.2) is 4.98 Å². The molecule has 0 bridgehead atoms. The Morgan fingerprint density at radius 1 is 1.00 bits per heavy atom. The number of aromatic amines is 1. The third kappa shape index (κ3) is 2.29. The predicted molar refractivity (Wildman–Crippen MR) is 76.5 cm³/mol. The summed E-state index contributed by atoms with van der Waals surface area (Å²) in [5.41, 5.74) is 3.08. The smallest absolute Gasteiger partial charge is 0.131 e. The molecule has 3 aromatic rings. The summed E-state index contributed by atoms with van der Waals surface area (Å²) in [5.74, 6) is 0.844. The molecule has 0 amide bonds. The quantitative estimate of drug-likeness (QED) is 0.722. The lowest BCUT2D eigenvalue weighted by Gasteiger charge is -1.92. The van der Waals surface area contributed by atoms with Gasteiger partial charge in [-0.05, 0) is 35.9 Å². The summed E-state index contributed by atoms with van der Waals surface area (Å²) < 4.78 is 0. The minimum absolute atomic E-state index is 0.738. The topological polar surface area (TPSA) is 28.7 Å². The molecule has 18 heavy (non-hydrogen) atoms. The number of rotatable bonds is 2. The maximum atomic E-state index is 5.93. The molecule has 0 fully saturated rings. The molecular formula is C15H11ClN2. The zero-order valence-electron chi connectivity index (χ0n) is 9.60. The average molecular weight is 255 g/mol. The van der Waals surface area contributed by atoms with Crippen LogP contribution in [0.3, 0.4) is 0 Å². The van der Waals surface area contributed by atoms with Crippen LogP contribution >= 0.6 is 11.6 Å². The van der Waals surface area contributed by atoms with Crippen LogP contribution in [-0.4, -0.2) is 9.97 Å². The first-order valence-electron chi connectivity index (χ1n) is 5.70. The molecule has 0 aliphatic rings. The zero-order valence-corrected chi connectivity index (χ0v) is 10.4. The molecule has 3 rings (SSSR count). The Morgan fingerprint density at radius 2 is 1.89 bits per heavy atom. The Morgan fingerprint density at radius 3 is 2.72 bits per heavy atom. The monoisotopic (exact) mass is 254 g/mol. The van der Waals surface area contributed by atoms with E-state index in [2.05, 4.69) is 9.97 Å². The highest BCUT2D eigenvalue weighted by Gasteiger charge is 1.97. The molecule has 0 atom stereocenters. The fourth-order valence-corrected chi connectivity index (χ4v) is 2.04. The molecule has 0 unspecified atom stereocenters. The Labute approximate surface area is 110 Å². The molecule has 1 N–H and O–H groups in total. The number of benzene rings is 2. The first kappa shape index (κ1) is 11.1. The van der Waals surface area contributed by atoms with Gasteiger partial charge in [0.1, 0.15) is 5.82 Å². The second-order valence-corrected chi connectivity index (χ2v) is 4.46. The van der Waals surface area contributed by atoms with Crippen molar-refractivity contribution in [1.29, 1.82) is 0 Å². The van der Waals surface area contributed by atoms with Crippen LogP contribution in [0.2, 0.25) is 5.02 Å². The number of para-hydroxylation sites is 2. The van der Waals surface area contributed by atoms with Crippen LogP contribution in [0.1, 0.15) is 11.4 Å². The minimum atomic E-state index is 0.738. The molecule has 0 spiro atoms. The van der Waals surface area contributed by atoms with Crippen molar-refractivity contribution in [2.45, 2.75) is 0 Å². The van der Waals surface area contributed by atoms with E-state index >= 15 is 0 Å². The Bertz CT molecular complexity index is 680. The minimum Gasteiger partial charge on any atom is -0.338 e. The lowest BCUT2D eigenvalue weighted by molar-refractivity contribution is 1.29. The summed E-state index contributed by atoms with van der Waals surface area (Å²) in [5, 5.41) is 0.738. The molecule has 88 valence electrons. The second kappa shape index (κ2) is 4.67. The van der Waals surface area contributed by atoms with Gasteiger partial charge in [0, 0.05) is 5.02 Å². The van der Waals surface area contributed by atoms with E-state index in [1.165, 1.54) is 0 Å². The van der Waals surface area contributed by atoms with E-state index in [-0.39, 0.29) is 0 Å². The zero-order chi connectivity index (χ0) is 12.4. The maximum absolute atomic E-state index is 5.93. The van der Waals surface area contributed by atoms with Crippen LogP contribution in [-0.2, 0) is 0 Å². The summed E-state index contributed by atoms with van der Waals surface area (Å²) in [6, 6.07) is 15.7. The van der Waals surface area contributed by atoms with Crippen molar-refractivity contribution in [1.82, 2.24) is 9.97 Å². The van der Waals surface area contributed by atoms with Crippen molar-refractivity contribution in [3.63, 3.8) is 0 Å². The first-order valence-corrected chi connectivity index (χ1v) is 6.07. The van der Waals surface area contributed by atoms with Crippen molar-refractivity contribution >= 4 is 34.8 Å². The van der Waals surface area contributed by atoms with E-state index in [1.54, 1.807) is 0 Å². The van der Waals surface area contributed by atoms with Gasteiger partial charge in [0.05, 0.1) is 11.0 Å². The average Bonchev–Trinajstić information content (AvgIpc) is 2.79. The van der Waals surface area contributed by atoms with E-state index in [0.29, 0.717) is 0 Å².